The van der Waals surface area contributed by atoms with Crippen LogP contribution in [0.4, 0.5) is 4.39 Å². The largest absolute Gasteiger partial charge is 0.462 e. The van der Waals surface area contributed by atoms with Crippen LogP contribution in [-0.2, 0) is 22.6 Å². The van der Waals surface area contributed by atoms with Crippen molar-refractivity contribution in [3.05, 3.63) is 59.0 Å². The molecule has 2 heterocycles. The Kier molecular flexibility index (Phi) is 4.79. The Morgan fingerprint density at radius 2 is 2.08 bits per heavy atom. The van der Waals surface area contributed by atoms with E-state index in [1.807, 2.05) is 24.3 Å². The highest BCUT2D eigenvalue weighted by Crippen LogP contribution is 2.22. The first kappa shape index (κ1) is 17.1. The third-order valence-electron chi connectivity index (χ3n) is 4.20. The third kappa shape index (κ3) is 3.52. The fourth-order valence-corrected chi connectivity index (χ4v) is 2.83. The Balaban J connectivity index is 1.79. The summed E-state index contributed by atoms with van der Waals surface area (Å²) in [7, 11) is 0. The molecule has 3 rings (SSSR count). The van der Waals surface area contributed by atoms with Gasteiger partial charge >= 0.3 is 0 Å². The topological polar surface area (TPSA) is 59.5 Å². The van der Waals surface area contributed by atoms with E-state index < -0.39 is 17.8 Å². The number of rotatable bonds is 4. The molecule has 2 amide bonds. The molecule has 6 heteroatoms. The lowest BCUT2D eigenvalue weighted by atomic mass is 9.99. The second kappa shape index (κ2) is 7.01. The molecule has 0 aliphatic carbocycles. The van der Waals surface area contributed by atoms with Gasteiger partial charge in [-0.25, -0.2) is 9.37 Å². The number of benzene rings is 1. The smallest absolute Gasteiger partial charge is 0.270 e. The molecule has 1 aromatic carbocycles. The molecule has 0 saturated carbocycles. The van der Waals surface area contributed by atoms with Crippen molar-refractivity contribution < 1.29 is 18.7 Å². The molecule has 0 N–H and O–H groups in total. The van der Waals surface area contributed by atoms with Gasteiger partial charge < -0.3 is 4.74 Å². The van der Waals surface area contributed by atoms with E-state index in [0.29, 0.717) is 12.0 Å². The number of hydrogen-bond donors (Lipinski definition) is 0. The van der Waals surface area contributed by atoms with Crippen molar-refractivity contribution in [2.45, 2.75) is 39.3 Å². The van der Waals surface area contributed by atoms with E-state index in [2.05, 4.69) is 4.98 Å². The number of imide groups is 1. The van der Waals surface area contributed by atoms with Crippen LogP contribution in [0.2, 0.25) is 0 Å². The number of amides is 2. The maximum absolute atomic E-state index is 13.9. The van der Waals surface area contributed by atoms with Gasteiger partial charge in [0.15, 0.2) is 11.9 Å². The number of aryl methyl sites for hydroxylation is 1. The lowest BCUT2D eigenvalue weighted by Gasteiger charge is -2.29. The Labute approximate surface area is 145 Å². The SMILES string of the molecule is CCC(Oc1ncc(C)cc1F)C(=O)N1Cc2ccccc2CC1=O. The lowest BCUT2D eigenvalue weighted by molar-refractivity contribution is -0.151. The summed E-state index contributed by atoms with van der Waals surface area (Å²) in [5, 5.41) is 0. The Morgan fingerprint density at radius 1 is 1.36 bits per heavy atom. The van der Waals surface area contributed by atoms with E-state index in [0.717, 1.165) is 11.1 Å². The molecule has 1 atom stereocenters. The number of pyridine rings is 1. The highest BCUT2D eigenvalue weighted by atomic mass is 19.1. The van der Waals surface area contributed by atoms with Crippen molar-refractivity contribution in [1.29, 1.82) is 0 Å². The molecular formula is C19H19FN2O3. The summed E-state index contributed by atoms with van der Waals surface area (Å²) in [6.45, 7) is 3.67. The fraction of sp³-hybridized carbons (Fsp3) is 0.316. The van der Waals surface area contributed by atoms with Crippen molar-refractivity contribution in [3.63, 3.8) is 0 Å². The summed E-state index contributed by atoms with van der Waals surface area (Å²) in [6, 6.07) is 8.81. The Hall–Kier alpha value is -2.76. The quantitative estimate of drug-likeness (QED) is 0.857. The van der Waals surface area contributed by atoms with E-state index in [1.54, 1.807) is 13.8 Å². The van der Waals surface area contributed by atoms with E-state index in [4.69, 9.17) is 4.74 Å². The van der Waals surface area contributed by atoms with Gasteiger partial charge in [0.25, 0.3) is 11.8 Å². The van der Waals surface area contributed by atoms with Crippen molar-refractivity contribution in [2.24, 2.45) is 0 Å². The number of carbonyl (C=O) groups excluding carboxylic acids is 2. The van der Waals surface area contributed by atoms with Crippen molar-refractivity contribution in [2.75, 3.05) is 0 Å². The number of nitrogens with zero attached hydrogens (tertiary/aromatic N) is 2. The zero-order chi connectivity index (χ0) is 18.0. The number of carbonyl (C=O) groups is 2. The fourth-order valence-electron chi connectivity index (χ4n) is 2.83. The van der Waals surface area contributed by atoms with Crippen LogP contribution in [0.25, 0.3) is 0 Å². The summed E-state index contributed by atoms with van der Waals surface area (Å²) >= 11 is 0. The van der Waals surface area contributed by atoms with Crippen LogP contribution < -0.4 is 4.74 Å². The van der Waals surface area contributed by atoms with E-state index >= 15 is 0 Å². The number of ether oxygens (including phenoxy) is 1. The molecule has 1 unspecified atom stereocenters. The van der Waals surface area contributed by atoms with Gasteiger partial charge in [-0.15, -0.1) is 0 Å². The summed E-state index contributed by atoms with van der Waals surface area (Å²) in [6.07, 6.45) is 0.992. The minimum atomic E-state index is -0.959. The average Bonchev–Trinajstić information content (AvgIpc) is 2.60. The molecule has 2 aromatic rings. The molecular weight excluding hydrogens is 323 g/mol. The normalized spacial score (nSPS) is 14.8. The van der Waals surface area contributed by atoms with Gasteiger partial charge in [-0.3, -0.25) is 14.5 Å². The van der Waals surface area contributed by atoms with E-state index in [9.17, 15) is 14.0 Å². The number of halogens is 1. The van der Waals surface area contributed by atoms with Crippen molar-refractivity contribution in [1.82, 2.24) is 9.88 Å². The Morgan fingerprint density at radius 3 is 2.76 bits per heavy atom. The summed E-state index contributed by atoms with van der Waals surface area (Å²) in [4.78, 5) is 30.2. The molecule has 0 fully saturated rings. The highest BCUT2D eigenvalue weighted by molar-refractivity contribution is 5.99. The van der Waals surface area contributed by atoms with Crippen LogP contribution >= 0.6 is 0 Å². The number of hydrogen-bond acceptors (Lipinski definition) is 4. The van der Waals surface area contributed by atoms with Crippen LogP contribution in [0.1, 0.15) is 30.0 Å². The number of fused-ring (bicyclic) bond motifs is 1. The van der Waals surface area contributed by atoms with Gasteiger partial charge in [0.2, 0.25) is 5.91 Å². The molecule has 0 spiro atoms. The first-order chi connectivity index (χ1) is 12.0. The minimum absolute atomic E-state index is 0.176. The monoisotopic (exact) mass is 342 g/mol. The third-order valence-corrected chi connectivity index (χ3v) is 4.20. The van der Waals surface area contributed by atoms with Crippen LogP contribution in [0.5, 0.6) is 5.88 Å². The van der Waals surface area contributed by atoms with Gasteiger partial charge in [-0.1, -0.05) is 31.2 Å². The zero-order valence-electron chi connectivity index (χ0n) is 14.2. The Bertz CT molecular complexity index is 822. The van der Waals surface area contributed by atoms with Crippen LogP contribution in [0, 0.1) is 12.7 Å². The molecule has 0 radical (unpaired) electrons. The second-order valence-corrected chi connectivity index (χ2v) is 6.08. The van der Waals surface area contributed by atoms with E-state index in [1.165, 1.54) is 17.2 Å². The maximum atomic E-state index is 13.9. The van der Waals surface area contributed by atoms with Crippen LogP contribution in [-0.4, -0.2) is 27.8 Å². The molecule has 0 bridgehead atoms. The van der Waals surface area contributed by atoms with Crippen LogP contribution in [0.15, 0.2) is 36.5 Å². The van der Waals surface area contributed by atoms with Gasteiger partial charge in [-0.2, -0.15) is 0 Å². The van der Waals surface area contributed by atoms with E-state index in [-0.39, 0.29) is 24.8 Å². The summed E-state index contributed by atoms with van der Waals surface area (Å²) in [5.74, 6) is -1.59. The summed E-state index contributed by atoms with van der Waals surface area (Å²) < 4.78 is 19.4. The van der Waals surface area contributed by atoms with Gasteiger partial charge in [0.1, 0.15) is 0 Å². The highest BCUT2D eigenvalue weighted by Gasteiger charge is 2.33. The molecule has 0 saturated heterocycles. The van der Waals surface area contributed by atoms with Gasteiger partial charge in [-0.05, 0) is 36.1 Å². The zero-order valence-corrected chi connectivity index (χ0v) is 14.2. The molecule has 25 heavy (non-hydrogen) atoms. The molecule has 1 aromatic heterocycles. The predicted molar refractivity (Wildman–Crippen MR) is 89.3 cm³/mol. The molecule has 1 aliphatic rings. The molecule has 130 valence electrons. The van der Waals surface area contributed by atoms with Crippen molar-refractivity contribution >= 4 is 11.8 Å². The first-order valence-corrected chi connectivity index (χ1v) is 8.19. The summed E-state index contributed by atoms with van der Waals surface area (Å²) in [5.41, 5.74) is 2.52. The lowest BCUT2D eigenvalue weighted by Crippen LogP contribution is -2.47. The maximum Gasteiger partial charge on any atom is 0.270 e. The van der Waals surface area contributed by atoms with Crippen LogP contribution in [0.3, 0.4) is 0 Å². The predicted octanol–water partition coefficient (Wildman–Crippen LogP) is 2.80. The molecule has 5 nitrogen and oxygen atoms in total. The standard InChI is InChI=1S/C19H19FN2O3/c1-3-16(25-18-15(20)8-12(2)10-21-18)19(24)22-11-14-7-5-4-6-13(14)9-17(22)23/h4-8,10,16H,3,9,11H2,1-2H3. The van der Waals surface area contributed by atoms with Gasteiger partial charge in [0, 0.05) is 6.20 Å². The van der Waals surface area contributed by atoms with Gasteiger partial charge in [0.05, 0.1) is 13.0 Å². The van der Waals surface area contributed by atoms with Crippen molar-refractivity contribution in [3.8, 4) is 5.88 Å². The average molecular weight is 342 g/mol. The minimum Gasteiger partial charge on any atom is -0.462 e. The second-order valence-electron chi connectivity index (χ2n) is 6.08. The number of aromatic nitrogens is 1. The first-order valence-electron chi connectivity index (χ1n) is 8.19. The molecule has 1 aliphatic heterocycles.